The van der Waals surface area contributed by atoms with Crippen LogP contribution in [0.4, 0.5) is 5.69 Å². The molecule has 0 atom stereocenters. The first-order valence-electron chi connectivity index (χ1n) is 4.81. The van der Waals surface area contributed by atoms with Crippen LogP contribution in [0.15, 0.2) is 29.2 Å². The van der Waals surface area contributed by atoms with Crippen LogP contribution in [0.1, 0.15) is 0 Å². The Labute approximate surface area is 92.0 Å². The van der Waals surface area contributed by atoms with Gasteiger partial charge in [-0.05, 0) is 17.5 Å². The number of aromatic nitrogens is 1. The summed E-state index contributed by atoms with van der Waals surface area (Å²) >= 11 is 0. The normalized spacial score (nSPS) is 10.6. The third kappa shape index (κ3) is 1.78. The van der Waals surface area contributed by atoms with E-state index in [2.05, 4.69) is 4.98 Å². The molecule has 0 bridgehead atoms. The fourth-order valence-electron chi connectivity index (χ4n) is 1.63. The summed E-state index contributed by atoms with van der Waals surface area (Å²) in [5.41, 5.74) is 2.17. The summed E-state index contributed by atoms with van der Waals surface area (Å²) in [6.07, 6.45) is 1.61. The highest BCUT2D eigenvalue weighted by atomic mass is 16.6. The molecular formula is C11H13N2O3+. The molecule has 0 spiro atoms. The molecule has 84 valence electrons. The molecule has 5 heteroatoms. The highest BCUT2D eigenvalue weighted by molar-refractivity contribution is 5.86. The molecule has 0 fully saturated rings. The maximum absolute atomic E-state index is 11.6. The molecule has 0 radical (unpaired) electrons. The lowest BCUT2D eigenvalue weighted by Crippen LogP contribution is -2.76. The summed E-state index contributed by atoms with van der Waals surface area (Å²) in [6.45, 7) is 0. The largest absolute Gasteiger partial charge is 0.491 e. The topological polar surface area (TPSA) is 67.9 Å². The molecule has 3 N–H and O–H groups in total. The van der Waals surface area contributed by atoms with E-state index in [1.54, 1.807) is 32.0 Å². The lowest BCUT2D eigenvalue weighted by atomic mass is 10.1. The van der Waals surface area contributed by atoms with Crippen LogP contribution >= 0.6 is 0 Å². The van der Waals surface area contributed by atoms with E-state index in [0.29, 0.717) is 11.1 Å². The van der Waals surface area contributed by atoms with Gasteiger partial charge >= 0.3 is 0 Å². The Morgan fingerprint density at radius 3 is 2.81 bits per heavy atom. The van der Waals surface area contributed by atoms with Crippen molar-refractivity contribution in [3.05, 3.63) is 34.7 Å². The number of methoxy groups -OCH3 is 1. The molecule has 1 aromatic carbocycles. The molecular weight excluding hydrogens is 208 g/mol. The molecule has 0 saturated carbocycles. The van der Waals surface area contributed by atoms with Crippen molar-refractivity contribution < 1.29 is 15.1 Å². The molecule has 0 amide bonds. The van der Waals surface area contributed by atoms with Crippen molar-refractivity contribution in [1.82, 2.24) is 4.98 Å². The van der Waals surface area contributed by atoms with E-state index in [9.17, 15) is 4.79 Å². The Morgan fingerprint density at radius 1 is 1.31 bits per heavy atom. The van der Waals surface area contributed by atoms with E-state index >= 15 is 0 Å². The van der Waals surface area contributed by atoms with Gasteiger partial charge in [-0.3, -0.25) is 4.79 Å². The molecule has 5 nitrogen and oxygen atoms in total. The number of hydrogen-bond acceptors (Lipinski definition) is 3. The van der Waals surface area contributed by atoms with Crippen LogP contribution in [-0.2, 0) is 4.84 Å². The average Bonchev–Trinajstić information content (AvgIpc) is 2.30. The molecule has 1 aromatic heterocycles. The zero-order chi connectivity index (χ0) is 11.5. The van der Waals surface area contributed by atoms with E-state index in [1.165, 1.54) is 0 Å². The number of nitrogens with two attached hydrogens (primary N) is 1. The Kier molecular flexibility index (Phi) is 2.89. The third-order valence-electron chi connectivity index (χ3n) is 2.37. The van der Waals surface area contributed by atoms with E-state index < -0.39 is 0 Å². The van der Waals surface area contributed by atoms with Gasteiger partial charge in [-0.25, -0.2) is 4.84 Å². The van der Waals surface area contributed by atoms with Gasteiger partial charge in [-0.2, -0.15) is 5.48 Å². The summed E-state index contributed by atoms with van der Waals surface area (Å²) in [4.78, 5) is 19.2. The van der Waals surface area contributed by atoms with Gasteiger partial charge in [0.25, 0.3) is 5.56 Å². The smallest absolute Gasteiger partial charge is 0.256 e. The van der Waals surface area contributed by atoms with Gasteiger partial charge < -0.3 is 9.72 Å². The minimum absolute atomic E-state index is 0.120. The number of ether oxygens (including phenoxy) is 1. The Morgan fingerprint density at radius 2 is 2.12 bits per heavy atom. The summed E-state index contributed by atoms with van der Waals surface area (Å²) in [5, 5.41) is 1.46. The predicted molar refractivity (Wildman–Crippen MR) is 59.7 cm³/mol. The van der Waals surface area contributed by atoms with E-state index in [0.717, 1.165) is 11.1 Å². The van der Waals surface area contributed by atoms with Crippen molar-refractivity contribution in [2.24, 2.45) is 0 Å². The number of fused-ring (bicyclic) bond motifs is 1. The second kappa shape index (κ2) is 4.34. The van der Waals surface area contributed by atoms with E-state index in [-0.39, 0.29) is 5.56 Å². The minimum Gasteiger partial charge on any atom is -0.491 e. The lowest BCUT2D eigenvalue weighted by Gasteiger charge is -2.05. The highest BCUT2D eigenvalue weighted by Gasteiger charge is 2.10. The SMILES string of the molecule is CO[NH2+]c1cc2c(=O)[nH]ccc2cc1OC. The maximum Gasteiger partial charge on any atom is 0.256 e. The Bertz CT molecular complexity index is 563. The number of pyridine rings is 1. The molecule has 16 heavy (non-hydrogen) atoms. The number of benzene rings is 1. The second-order valence-electron chi connectivity index (χ2n) is 3.34. The zero-order valence-corrected chi connectivity index (χ0v) is 9.11. The fourth-order valence-corrected chi connectivity index (χ4v) is 1.63. The van der Waals surface area contributed by atoms with Crippen LogP contribution in [0, 0.1) is 0 Å². The number of rotatable bonds is 3. The standard InChI is InChI=1S/C11H12N2O3/c1-15-10-5-7-3-4-12-11(14)8(7)6-9(10)13-16-2/h3-6,13H,1-2H3,(H,12,14)/p+1. The van der Waals surface area contributed by atoms with Gasteiger partial charge in [0.1, 0.15) is 0 Å². The summed E-state index contributed by atoms with van der Waals surface area (Å²) in [6, 6.07) is 5.39. The first-order valence-corrected chi connectivity index (χ1v) is 4.81. The van der Waals surface area contributed by atoms with Crippen molar-refractivity contribution in [2.75, 3.05) is 14.2 Å². The molecule has 2 rings (SSSR count). The van der Waals surface area contributed by atoms with E-state index in [4.69, 9.17) is 9.57 Å². The number of aromatic amines is 1. The van der Waals surface area contributed by atoms with Crippen LogP contribution in [-0.4, -0.2) is 19.2 Å². The van der Waals surface area contributed by atoms with Gasteiger partial charge in [0.15, 0.2) is 5.75 Å². The van der Waals surface area contributed by atoms with Crippen LogP contribution in [0.5, 0.6) is 5.75 Å². The number of quaternary nitrogens is 1. The zero-order valence-electron chi connectivity index (χ0n) is 9.11. The van der Waals surface area contributed by atoms with Crippen LogP contribution in [0.2, 0.25) is 0 Å². The lowest BCUT2D eigenvalue weighted by molar-refractivity contribution is -0.830. The average molecular weight is 221 g/mol. The van der Waals surface area contributed by atoms with Crippen LogP contribution < -0.4 is 15.8 Å². The van der Waals surface area contributed by atoms with Gasteiger partial charge in [0, 0.05) is 12.3 Å². The van der Waals surface area contributed by atoms with Crippen molar-refractivity contribution in [2.45, 2.75) is 0 Å². The van der Waals surface area contributed by atoms with Crippen molar-refractivity contribution in [1.29, 1.82) is 0 Å². The predicted octanol–water partition coefficient (Wildman–Crippen LogP) is 0.293. The summed E-state index contributed by atoms with van der Waals surface area (Å²) in [7, 11) is 3.14. The molecule has 0 aliphatic rings. The van der Waals surface area contributed by atoms with Crippen molar-refractivity contribution >= 4 is 16.5 Å². The van der Waals surface area contributed by atoms with Gasteiger partial charge in [0.2, 0.25) is 5.69 Å². The second-order valence-corrected chi connectivity index (χ2v) is 3.34. The van der Waals surface area contributed by atoms with Gasteiger partial charge in [0.05, 0.1) is 19.6 Å². The van der Waals surface area contributed by atoms with Crippen molar-refractivity contribution in [3.8, 4) is 5.75 Å². The molecule has 0 unspecified atom stereocenters. The monoisotopic (exact) mass is 221 g/mol. The minimum atomic E-state index is -0.120. The maximum atomic E-state index is 11.6. The Hall–Kier alpha value is -1.85. The van der Waals surface area contributed by atoms with Crippen LogP contribution in [0.3, 0.4) is 0 Å². The molecule has 1 heterocycles. The number of nitrogens with one attached hydrogen (secondary N) is 1. The first-order chi connectivity index (χ1) is 7.76. The van der Waals surface area contributed by atoms with E-state index in [1.807, 2.05) is 12.1 Å². The molecule has 2 aromatic rings. The third-order valence-corrected chi connectivity index (χ3v) is 2.37. The number of hydrogen-bond donors (Lipinski definition) is 2. The number of H-pyrrole nitrogens is 1. The summed E-state index contributed by atoms with van der Waals surface area (Å²) < 4.78 is 5.22. The van der Waals surface area contributed by atoms with Gasteiger partial charge in [-0.15, -0.1) is 0 Å². The Balaban J connectivity index is 2.70. The fraction of sp³-hybridized carbons (Fsp3) is 0.182. The summed E-state index contributed by atoms with van der Waals surface area (Å²) in [5.74, 6) is 0.681. The molecule has 0 aliphatic heterocycles. The molecule has 0 aliphatic carbocycles. The first kappa shape index (κ1) is 10.7. The van der Waals surface area contributed by atoms with Crippen molar-refractivity contribution in [3.63, 3.8) is 0 Å². The van der Waals surface area contributed by atoms with Gasteiger partial charge in [-0.1, -0.05) is 0 Å². The highest BCUT2D eigenvalue weighted by Crippen LogP contribution is 2.24. The van der Waals surface area contributed by atoms with Crippen LogP contribution in [0.25, 0.3) is 10.8 Å². The molecule has 0 saturated heterocycles. The quantitative estimate of drug-likeness (QED) is 0.578.